The first kappa shape index (κ1) is 8.66. The predicted octanol–water partition coefficient (Wildman–Crippen LogP) is 3.58. The molecular formula is C10H9NS2. The zero-order valence-electron chi connectivity index (χ0n) is 7.23. The number of aryl methyl sites for hydroxylation is 1. The molecule has 0 aliphatic heterocycles. The van der Waals surface area contributed by atoms with Gasteiger partial charge in [-0.3, -0.25) is 4.57 Å². The smallest absolute Gasteiger partial charge is 0.165 e. The second-order valence-electron chi connectivity index (χ2n) is 2.83. The Kier molecular flexibility index (Phi) is 2.29. The Hall–Kier alpha value is -0.930. The van der Waals surface area contributed by atoms with Gasteiger partial charge in [0.1, 0.15) is 0 Å². The van der Waals surface area contributed by atoms with E-state index in [1.54, 1.807) is 11.3 Å². The van der Waals surface area contributed by atoms with E-state index in [1.807, 2.05) is 28.3 Å². The van der Waals surface area contributed by atoms with Gasteiger partial charge in [-0.2, -0.15) is 0 Å². The molecule has 2 rings (SSSR count). The molecule has 0 aliphatic carbocycles. The molecule has 0 amide bonds. The largest absolute Gasteiger partial charge is 0.299 e. The summed E-state index contributed by atoms with van der Waals surface area (Å²) in [4.78, 5) is 0. The molecule has 0 saturated heterocycles. The highest BCUT2D eigenvalue weighted by molar-refractivity contribution is 7.73. The first-order chi connectivity index (χ1) is 6.29. The van der Waals surface area contributed by atoms with Crippen LogP contribution in [0.15, 0.2) is 35.8 Å². The maximum Gasteiger partial charge on any atom is 0.165 e. The van der Waals surface area contributed by atoms with E-state index in [9.17, 15) is 0 Å². The van der Waals surface area contributed by atoms with Gasteiger partial charge in [0.25, 0.3) is 0 Å². The summed E-state index contributed by atoms with van der Waals surface area (Å²) in [7, 11) is 0. The van der Waals surface area contributed by atoms with E-state index in [0.717, 1.165) is 3.95 Å². The van der Waals surface area contributed by atoms with E-state index >= 15 is 0 Å². The molecule has 66 valence electrons. The van der Waals surface area contributed by atoms with Gasteiger partial charge in [0, 0.05) is 11.6 Å². The number of para-hydroxylation sites is 1. The van der Waals surface area contributed by atoms with Crippen LogP contribution in [0.25, 0.3) is 5.69 Å². The summed E-state index contributed by atoms with van der Waals surface area (Å²) in [5.41, 5.74) is 2.42. The fraction of sp³-hybridized carbons (Fsp3) is 0.100. The van der Waals surface area contributed by atoms with Gasteiger partial charge in [-0.05, 0) is 30.8 Å². The molecule has 0 N–H and O–H groups in total. The van der Waals surface area contributed by atoms with Crippen LogP contribution in [0.4, 0.5) is 0 Å². The van der Waals surface area contributed by atoms with Crippen LogP contribution >= 0.6 is 23.6 Å². The molecule has 0 radical (unpaired) electrons. The van der Waals surface area contributed by atoms with Crippen molar-refractivity contribution in [3.05, 3.63) is 45.4 Å². The van der Waals surface area contributed by atoms with Crippen LogP contribution in [0.5, 0.6) is 0 Å². The maximum atomic E-state index is 5.21. The molecule has 0 fully saturated rings. The molecule has 2 aromatic rings. The van der Waals surface area contributed by atoms with Crippen molar-refractivity contribution >= 4 is 23.6 Å². The fourth-order valence-corrected chi connectivity index (χ4v) is 2.18. The lowest BCUT2D eigenvalue weighted by atomic mass is 10.2. The Morgan fingerprint density at radius 2 is 2.08 bits per heavy atom. The molecule has 0 spiro atoms. The van der Waals surface area contributed by atoms with Crippen molar-refractivity contribution in [3.63, 3.8) is 0 Å². The highest BCUT2D eigenvalue weighted by Gasteiger charge is 1.99. The van der Waals surface area contributed by atoms with Gasteiger partial charge in [-0.25, -0.2) is 0 Å². The van der Waals surface area contributed by atoms with Crippen molar-refractivity contribution in [3.8, 4) is 5.69 Å². The van der Waals surface area contributed by atoms with Crippen LogP contribution in [0.3, 0.4) is 0 Å². The van der Waals surface area contributed by atoms with Gasteiger partial charge in [0.2, 0.25) is 0 Å². The van der Waals surface area contributed by atoms with Gasteiger partial charge in [0.05, 0.1) is 5.69 Å². The number of aromatic nitrogens is 1. The summed E-state index contributed by atoms with van der Waals surface area (Å²) in [5.74, 6) is 0. The van der Waals surface area contributed by atoms with Crippen molar-refractivity contribution in [1.82, 2.24) is 4.57 Å². The fourth-order valence-electron chi connectivity index (χ4n) is 1.28. The van der Waals surface area contributed by atoms with Gasteiger partial charge < -0.3 is 0 Å². The third kappa shape index (κ3) is 1.57. The standard InChI is InChI=1S/C10H9NS2/c1-8-4-2-3-5-9(8)11-6-7-13-10(11)12/h2-7H,1H3. The zero-order valence-corrected chi connectivity index (χ0v) is 8.86. The Labute approximate surface area is 86.3 Å². The average molecular weight is 207 g/mol. The molecule has 3 heteroatoms. The number of nitrogens with zero attached hydrogens (tertiary/aromatic N) is 1. The Balaban J connectivity index is 2.66. The average Bonchev–Trinajstić information content (AvgIpc) is 2.52. The quantitative estimate of drug-likeness (QED) is 0.647. The van der Waals surface area contributed by atoms with Crippen LogP contribution in [0.1, 0.15) is 5.56 Å². The summed E-state index contributed by atoms with van der Waals surface area (Å²) < 4.78 is 2.93. The third-order valence-corrected chi connectivity index (χ3v) is 3.09. The van der Waals surface area contributed by atoms with E-state index in [1.165, 1.54) is 11.3 Å². The molecule has 13 heavy (non-hydrogen) atoms. The van der Waals surface area contributed by atoms with Crippen LogP contribution in [-0.2, 0) is 0 Å². The number of benzene rings is 1. The Morgan fingerprint density at radius 1 is 1.31 bits per heavy atom. The van der Waals surface area contributed by atoms with E-state index in [4.69, 9.17) is 12.2 Å². The highest BCUT2D eigenvalue weighted by Crippen LogP contribution is 2.16. The molecule has 0 unspecified atom stereocenters. The lowest BCUT2D eigenvalue weighted by molar-refractivity contribution is 1.05. The highest BCUT2D eigenvalue weighted by atomic mass is 32.1. The second-order valence-corrected chi connectivity index (χ2v) is 4.37. The van der Waals surface area contributed by atoms with Crippen LogP contribution in [0.2, 0.25) is 0 Å². The first-order valence-electron chi connectivity index (χ1n) is 4.01. The molecular weight excluding hydrogens is 198 g/mol. The van der Waals surface area contributed by atoms with Crippen LogP contribution in [0, 0.1) is 10.9 Å². The Morgan fingerprint density at radius 3 is 2.69 bits per heavy atom. The van der Waals surface area contributed by atoms with Crippen molar-refractivity contribution in [2.75, 3.05) is 0 Å². The summed E-state index contributed by atoms with van der Waals surface area (Å²) in [6, 6.07) is 8.24. The number of hydrogen-bond donors (Lipinski definition) is 0. The van der Waals surface area contributed by atoms with Gasteiger partial charge in [0.15, 0.2) is 3.95 Å². The van der Waals surface area contributed by atoms with E-state index in [0.29, 0.717) is 0 Å². The second kappa shape index (κ2) is 3.44. The van der Waals surface area contributed by atoms with Crippen molar-refractivity contribution in [1.29, 1.82) is 0 Å². The number of hydrogen-bond acceptors (Lipinski definition) is 2. The molecule has 0 saturated carbocycles. The van der Waals surface area contributed by atoms with Crippen molar-refractivity contribution < 1.29 is 0 Å². The summed E-state index contributed by atoms with van der Waals surface area (Å²) in [6.45, 7) is 2.09. The van der Waals surface area contributed by atoms with Gasteiger partial charge in [-0.1, -0.05) is 18.2 Å². The van der Waals surface area contributed by atoms with E-state index in [2.05, 4.69) is 19.1 Å². The van der Waals surface area contributed by atoms with E-state index < -0.39 is 0 Å². The molecule has 1 heterocycles. The van der Waals surface area contributed by atoms with Gasteiger partial charge in [-0.15, -0.1) is 11.3 Å². The molecule has 1 nitrogen and oxygen atoms in total. The predicted molar refractivity (Wildman–Crippen MR) is 59.2 cm³/mol. The molecule has 0 aliphatic rings. The minimum Gasteiger partial charge on any atom is -0.299 e. The monoisotopic (exact) mass is 207 g/mol. The SMILES string of the molecule is Cc1ccccc1-n1ccsc1=S. The molecule has 0 atom stereocenters. The Bertz CT molecular complexity index is 468. The first-order valence-corrected chi connectivity index (χ1v) is 5.30. The normalized spacial score (nSPS) is 10.2. The third-order valence-electron chi connectivity index (χ3n) is 1.95. The molecule has 1 aromatic heterocycles. The summed E-state index contributed by atoms with van der Waals surface area (Å²) >= 11 is 6.79. The summed E-state index contributed by atoms with van der Waals surface area (Å²) in [5, 5.41) is 2.01. The van der Waals surface area contributed by atoms with Crippen molar-refractivity contribution in [2.24, 2.45) is 0 Å². The number of thiazole rings is 1. The van der Waals surface area contributed by atoms with Gasteiger partial charge >= 0.3 is 0 Å². The molecule has 0 bridgehead atoms. The number of rotatable bonds is 1. The topological polar surface area (TPSA) is 4.93 Å². The van der Waals surface area contributed by atoms with Crippen LogP contribution < -0.4 is 0 Å². The van der Waals surface area contributed by atoms with Crippen molar-refractivity contribution in [2.45, 2.75) is 6.92 Å². The maximum absolute atomic E-state index is 5.21. The van der Waals surface area contributed by atoms with E-state index in [-0.39, 0.29) is 0 Å². The zero-order chi connectivity index (χ0) is 9.26. The van der Waals surface area contributed by atoms with Crippen LogP contribution in [-0.4, -0.2) is 4.57 Å². The molecule has 1 aromatic carbocycles. The minimum atomic E-state index is 0.898. The lowest BCUT2D eigenvalue weighted by Crippen LogP contribution is -1.93. The minimum absolute atomic E-state index is 0.898. The lowest BCUT2D eigenvalue weighted by Gasteiger charge is -2.05. The summed E-state index contributed by atoms with van der Waals surface area (Å²) in [6.07, 6.45) is 2.01.